The molecule has 124 valence electrons. The average molecular weight is 317 g/mol. The largest absolute Gasteiger partial charge is 0.469 e. The van der Waals surface area contributed by atoms with E-state index in [-0.39, 0.29) is 24.5 Å². The van der Waals surface area contributed by atoms with Crippen molar-refractivity contribution in [1.29, 1.82) is 0 Å². The fraction of sp³-hybridized carbons (Fsp3) is 0.556. The summed E-state index contributed by atoms with van der Waals surface area (Å²) in [5.41, 5.74) is 0.960. The summed E-state index contributed by atoms with van der Waals surface area (Å²) in [5.74, 6) is 0.940. The van der Waals surface area contributed by atoms with Crippen molar-refractivity contribution in [1.82, 2.24) is 5.32 Å². The van der Waals surface area contributed by atoms with Crippen molar-refractivity contribution in [2.24, 2.45) is 17.8 Å². The first kappa shape index (κ1) is 15.8. The summed E-state index contributed by atoms with van der Waals surface area (Å²) in [5, 5.41) is 2.99. The zero-order valence-corrected chi connectivity index (χ0v) is 13.4. The van der Waals surface area contributed by atoms with Gasteiger partial charge < -0.3 is 14.8 Å². The molecule has 2 aliphatic rings. The Kier molecular flexibility index (Phi) is 4.84. The number of esters is 1. The number of ether oxygens (including phenoxy) is 2. The molecule has 1 aromatic carbocycles. The van der Waals surface area contributed by atoms with Crippen LogP contribution in [0.5, 0.6) is 0 Å². The molecular weight excluding hydrogens is 294 g/mol. The summed E-state index contributed by atoms with van der Waals surface area (Å²) in [7, 11) is 1.41. The van der Waals surface area contributed by atoms with Crippen LogP contribution in [0.4, 0.5) is 4.79 Å². The number of benzene rings is 1. The van der Waals surface area contributed by atoms with Crippen LogP contribution in [0.15, 0.2) is 30.3 Å². The minimum atomic E-state index is -0.402. The fourth-order valence-corrected chi connectivity index (χ4v) is 4.11. The van der Waals surface area contributed by atoms with Crippen molar-refractivity contribution < 1.29 is 19.1 Å². The van der Waals surface area contributed by atoms with E-state index < -0.39 is 6.09 Å². The molecule has 1 amide bonds. The lowest BCUT2D eigenvalue weighted by Gasteiger charge is -2.30. The Morgan fingerprint density at radius 3 is 2.65 bits per heavy atom. The van der Waals surface area contributed by atoms with Gasteiger partial charge in [-0.15, -0.1) is 0 Å². The molecule has 2 unspecified atom stereocenters. The number of carbonyl (C=O) groups is 2. The van der Waals surface area contributed by atoms with Crippen molar-refractivity contribution in [3.63, 3.8) is 0 Å². The number of rotatable bonds is 5. The van der Waals surface area contributed by atoms with E-state index in [1.165, 1.54) is 7.11 Å². The van der Waals surface area contributed by atoms with Gasteiger partial charge in [-0.25, -0.2) is 4.79 Å². The van der Waals surface area contributed by atoms with Gasteiger partial charge in [-0.1, -0.05) is 30.3 Å². The van der Waals surface area contributed by atoms with E-state index in [9.17, 15) is 9.59 Å². The predicted molar refractivity (Wildman–Crippen MR) is 84.5 cm³/mol. The highest BCUT2D eigenvalue weighted by Gasteiger charge is 2.49. The predicted octanol–water partition coefficient (Wildman–Crippen LogP) is 2.89. The van der Waals surface area contributed by atoms with E-state index in [1.54, 1.807) is 0 Å². The zero-order valence-electron chi connectivity index (χ0n) is 13.4. The SMILES string of the molecule is COC(=O)CC1C(NC(=O)OCc2ccccc2)[C@@H]2CC[C@H]1C2. The lowest BCUT2D eigenvalue weighted by molar-refractivity contribution is -0.142. The molecule has 2 saturated carbocycles. The lowest BCUT2D eigenvalue weighted by atomic mass is 9.82. The molecular formula is C18H23NO4. The highest BCUT2D eigenvalue weighted by atomic mass is 16.5. The number of hydrogen-bond acceptors (Lipinski definition) is 4. The normalized spacial score (nSPS) is 28.4. The maximum Gasteiger partial charge on any atom is 0.407 e. The molecule has 2 aliphatic carbocycles. The summed E-state index contributed by atoms with van der Waals surface area (Å²) in [6.07, 6.45) is 3.32. The third-order valence-electron chi connectivity index (χ3n) is 5.22. The molecule has 4 atom stereocenters. The molecule has 1 aromatic rings. The Hall–Kier alpha value is -2.04. The zero-order chi connectivity index (χ0) is 16.2. The number of alkyl carbamates (subject to hydrolysis) is 1. The topological polar surface area (TPSA) is 64.6 Å². The van der Waals surface area contributed by atoms with Crippen LogP contribution >= 0.6 is 0 Å². The Labute approximate surface area is 136 Å². The molecule has 5 nitrogen and oxygen atoms in total. The van der Waals surface area contributed by atoms with Gasteiger partial charge in [0.2, 0.25) is 0 Å². The van der Waals surface area contributed by atoms with Crippen LogP contribution in [0.25, 0.3) is 0 Å². The van der Waals surface area contributed by atoms with Crippen LogP contribution in [-0.2, 0) is 20.9 Å². The second-order valence-corrected chi connectivity index (χ2v) is 6.51. The van der Waals surface area contributed by atoms with Gasteiger partial charge in [-0.3, -0.25) is 4.79 Å². The number of hydrogen-bond donors (Lipinski definition) is 1. The molecule has 0 spiro atoms. The number of methoxy groups -OCH3 is 1. The summed E-state index contributed by atoms with van der Waals surface area (Å²) in [4.78, 5) is 23.7. The quantitative estimate of drug-likeness (QED) is 0.848. The Balaban J connectivity index is 1.54. The lowest BCUT2D eigenvalue weighted by Crippen LogP contribution is -2.44. The maximum absolute atomic E-state index is 12.1. The molecule has 1 N–H and O–H groups in total. The van der Waals surface area contributed by atoms with Gasteiger partial charge in [0.1, 0.15) is 6.61 Å². The minimum absolute atomic E-state index is 0.0242. The van der Waals surface area contributed by atoms with Crippen LogP contribution < -0.4 is 5.32 Å². The van der Waals surface area contributed by atoms with Gasteiger partial charge >= 0.3 is 12.1 Å². The highest BCUT2D eigenvalue weighted by molar-refractivity contribution is 5.71. The van der Waals surface area contributed by atoms with Crippen molar-refractivity contribution >= 4 is 12.1 Å². The first-order chi connectivity index (χ1) is 11.2. The van der Waals surface area contributed by atoms with Gasteiger partial charge in [0.05, 0.1) is 13.5 Å². The summed E-state index contributed by atoms with van der Waals surface area (Å²) in [6, 6.07) is 9.63. The second-order valence-electron chi connectivity index (χ2n) is 6.51. The van der Waals surface area contributed by atoms with Crippen LogP contribution in [0, 0.1) is 17.8 Å². The van der Waals surface area contributed by atoms with Crippen LogP contribution in [0.3, 0.4) is 0 Å². The smallest absolute Gasteiger partial charge is 0.407 e. The van der Waals surface area contributed by atoms with Crippen molar-refractivity contribution in [2.75, 3.05) is 7.11 Å². The molecule has 0 heterocycles. The number of carbonyl (C=O) groups excluding carboxylic acids is 2. The van der Waals surface area contributed by atoms with Crippen molar-refractivity contribution in [3.8, 4) is 0 Å². The number of fused-ring (bicyclic) bond motifs is 2. The first-order valence-corrected chi connectivity index (χ1v) is 8.21. The molecule has 0 aromatic heterocycles. The molecule has 3 rings (SSSR count). The highest BCUT2D eigenvalue weighted by Crippen LogP contribution is 2.49. The Morgan fingerprint density at radius 2 is 1.91 bits per heavy atom. The third-order valence-corrected chi connectivity index (χ3v) is 5.22. The van der Waals surface area contributed by atoms with Crippen LogP contribution in [0.2, 0.25) is 0 Å². The fourth-order valence-electron chi connectivity index (χ4n) is 4.11. The van der Waals surface area contributed by atoms with E-state index in [1.807, 2.05) is 30.3 Å². The standard InChI is InChI=1S/C18H23NO4/c1-22-16(20)10-15-13-7-8-14(9-13)17(15)19-18(21)23-11-12-5-3-2-4-6-12/h2-6,13-15,17H,7-11H2,1H3,(H,19,21)/t13-,14+,15?,17?/m0/s1. The summed E-state index contributed by atoms with van der Waals surface area (Å²) in [6.45, 7) is 0.259. The summed E-state index contributed by atoms with van der Waals surface area (Å²) < 4.78 is 10.1. The van der Waals surface area contributed by atoms with E-state index >= 15 is 0 Å². The van der Waals surface area contributed by atoms with Gasteiger partial charge in [0.25, 0.3) is 0 Å². The minimum Gasteiger partial charge on any atom is -0.469 e. The first-order valence-electron chi connectivity index (χ1n) is 8.21. The molecule has 0 aliphatic heterocycles. The van der Waals surface area contributed by atoms with E-state index in [2.05, 4.69) is 5.32 Å². The van der Waals surface area contributed by atoms with Gasteiger partial charge in [-0.2, -0.15) is 0 Å². The average Bonchev–Trinajstić information content (AvgIpc) is 3.16. The van der Waals surface area contributed by atoms with Crippen molar-refractivity contribution in [3.05, 3.63) is 35.9 Å². The molecule has 5 heteroatoms. The molecule has 23 heavy (non-hydrogen) atoms. The van der Waals surface area contributed by atoms with Gasteiger partial charge in [0, 0.05) is 6.04 Å². The molecule has 0 radical (unpaired) electrons. The van der Waals surface area contributed by atoms with Crippen molar-refractivity contribution in [2.45, 2.75) is 38.3 Å². The number of nitrogens with one attached hydrogen (secondary N) is 1. The summed E-state index contributed by atoms with van der Waals surface area (Å²) >= 11 is 0. The maximum atomic E-state index is 12.1. The Bertz CT molecular complexity index is 559. The number of amides is 1. The van der Waals surface area contributed by atoms with Gasteiger partial charge in [0.15, 0.2) is 0 Å². The van der Waals surface area contributed by atoms with Gasteiger partial charge in [-0.05, 0) is 42.6 Å². The third kappa shape index (κ3) is 3.66. The van der Waals surface area contributed by atoms with E-state index in [0.717, 1.165) is 24.8 Å². The van der Waals surface area contributed by atoms with Crippen LogP contribution in [-0.4, -0.2) is 25.2 Å². The molecule has 2 bridgehead atoms. The van der Waals surface area contributed by atoms with E-state index in [4.69, 9.17) is 9.47 Å². The van der Waals surface area contributed by atoms with Crippen LogP contribution in [0.1, 0.15) is 31.2 Å². The second kappa shape index (κ2) is 7.02. The van der Waals surface area contributed by atoms with E-state index in [0.29, 0.717) is 18.3 Å². The monoisotopic (exact) mass is 317 g/mol. The molecule has 2 fully saturated rings. The molecule has 0 saturated heterocycles. The Morgan fingerprint density at radius 1 is 1.17 bits per heavy atom.